The number of thioether (sulfide) groups is 1. The standard InChI is InChI=1S/C21H26N6OS/c1-14-4-2-6-16(10-14)27-13-29-20(23)19(27)21(28)25-17-11-24-8-7-18(17)26-9-3-5-15(22)12-26/h2,4,6-8,10-11,15,19,23H,3,5,9,12-13,22H2,1H3,(H,25,28). The summed E-state index contributed by atoms with van der Waals surface area (Å²) in [6.07, 6.45) is 5.46. The first-order valence-electron chi connectivity index (χ1n) is 9.83. The third-order valence-corrected chi connectivity index (χ3v) is 6.30. The fourth-order valence-corrected chi connectivity index (χ4v) is 4.88. The van der Waals surface area contributed by atoms with Crippen LogP contribution in [-0.2, 0) is 4.79 Å². The summed E-state index contributed by atoms with van der Waals surface area (Å²) in [6, 6.07) is 9.45. The van der Waals surface area contributed by atoms with E-state index in [9.17, 15) is 4.79 Å². The number of amides is 1. The summed E-state index contributed by atoms with van der Waals surface area (Å²) in [5.41, 5.74) is 9.82. The van der Waals surface area contributed by atoms with Gasteiger partial charge in [-0.1, -0.05) is 23.9 Å². The number of carbonyl (C=O) groups excluding carboxylic acids is 1. The number of aromatic nitrogens is 1. The topological polar surface area (TPSA) is 98.3 Å². The molecule has 1 aromatic heterocycles. The Bertz CT molecular complexity index is 920. The molecule has 2 unspecified atom stereocenters. The van der Waals surface area contributed by atoms with Crippen LogP contribution in [0.1, 0.15) is 18.4 Å². The molecule has 4 rings (SSSR count). The highest BCUT2D eigenvalue weighted by Gasteiger charge is 2.37. The number of nitrogens with one attached hydrogen (secondary N) is 2. The molecule has 2 aliphatic rings. The molecule has 1 amide bonds. The fraction of sp³-hybridized carbons (Fsp3) is 0.381. The van der Waals surface area contributed by atoms with E-state index in [-0.39, 0.29) is 11.9 Å². The number of carbonyl (C=O) groups is 1. The number of pyridine rings is 1. The van der Waals surface area contributed by atoms with Gasteiger partial charge in [-0.2, -0.15) is 0 Å². The number of hydrogen-bond donors (Lipinski definition) is 3. The van der Waals surface area contributed by atoms with Crippen LogP contribution in [0.3, 0.4) is 0 Å². The summed E-state index contributed by atoms with van der Waals surface area (Å²) >= 11 is 1.39. The number of rotatable bonds is 4. The lowest BCUT2D eigenvalue weighted by atomic mass is 10.1. The maximum absolute atomic E-state index is 13.2. The number of anilines is 3. The van der Waals surface area contributed by atoms with Crippen LogP contribution in [0.5, 0.6) is 0 Å². The van der Waals surface area contributed by atoms with Crippen molar-refractivity contribution >= 4 is 39.8 Å². The Morgan fingerprint density at radius 1 is 1.38 bits per heavy atom. The molecule has 152 valence electrons. The van der Waals surface area contributed by atoms with Crippen LogP contribution in [0.2, 0.25) is 0 Å². The predicted molar refractivity (Wildman–Crippen MR) is 120 cm³/mol. The van der Waals surface area contributed by atoms with E-state index in [4.69, 9.17) is 11.1 Å². The molecule has 2 atom stereocenters. The third kappa shape index (κ3) is 4.23. The highest BCUT2D eigenvalue weighted by atomic mass is 32.2. The van der Waals surface area contributed by atoms with E-state index in [1.807, 2.05) is 42.2 Å². The van der Waals surface area contributed by atoms with Gasteiger partial charge in [0.2, 0.25) is 0 Å². The monoisotopic (exact) mass is 410 g/mol. The highest BCUT2D eigenvalue weighted by Crippen LogP contribution is 2.32. The zero-order valence-electron chi connectivity index (χ0n) is 16.5. The van der Waals surface area contributed by atoms with E-state index < -0.39 is 6.04 Å². The quantitative estimate of drug-likeness (QED) is 0.717. The SMILES string of the molecule is Cc1cccc(N2CSC(=N)C2C(=O)Nc2cnccc2N2CCCC(N)C2)c1. The van der Waals surface area contributed by atoms with Gasteiger partial charge in [0.1, 0.15) is 0 Å². The Morgan fingerprint density at radius 3 is 3.03 bits per heavy atom. The summed E-state index contributed by atoms with van der Waals surface area (Å²) in [4.78, 5) is 21.6. The molecule has 2 fully saturated rings. The molecule has 0 saturated carbocycles. The van der Waals surface area contributed by atoms with Gasteiger partial charge in [-0.3, -0.25) is 15.2 Å². The predicted octanol–water partition coefficient (Wildman–Crippen LogP) is 2.81. The number of aryl methyl sites for hydroxylation is 1. The average Bonchev–Trinajstić information content (AvgIpc) is 3.10. The molecule has 2 aliphatic heterocycles. The summed E-state index contributed by atoms with van der Waals surface area (Å²) in [5, 5.41) is 11.7. The minimum Gasteiger partial charge on any atom is -0.368 e. The number of hydrogen-bond acceptors (Lipinski definition) is 7. The zero-order chi connectivity index (χ0) is 20.4. The van der Waals surface area contributed by atoms with E-state index in [2.05, 4.69) is 15.2 Å². The number of piperidine rings is 1. The van der Waals surface area contributed by atoms with E-state index in [0.29, 0.717) is 16.6 Å². The lowest BCUT2D eigenvalue weighted by molar-refractivity contribution is -0.116. The molecule has 29 heavy (non-hydrogen) atoms. The lowest BCUT2D eigenvalue weighted by Crippen LogP contribution is -2.45. The van der Waals surface area contributed by atoms with Gasteiger partial charge < -0.3 is 20.9 Å². The summed E-state index contributed by atoms with van der Waals surface area (Å²) in [6.45, 7) is 3.70. The largest absolute Gasteiger partial charge is 0.368 e. The van der Waals surface area contributed by atoms with Gasteiger partial charge >= 0.3 is 0 Å². The van der Waals surface area contributed by atoms with Crippen molar-refractivity contribution in [2.45, 2.75) is 31.8 Å². The number of nitrogens with zero attached hydrogens (tertiary/aromatic N) is 3. The molecule has 0 bridgehead atoms. The van der Waals surface area contributed by atoms with Crippen molar-refractivity contribution in [3.05, 3.63) is 48.3 Å². The smallest absolute Gasteiger partial charge is 0.254 e. The zero-order valence-corrected chi connectivity index (χ0v) is 17.3. The van der Waals surface area contributed by atoms with Gasteiger partial charge in [0.15, 0.2) is 6.04 Å². The van der Waals surface area contributed by atoms with Crippen molar-refractivity contribution in [1.29, 1.82) is 5.41 Å². The minimum atomic E-state index is -0.640. The van der Waals surface area contributed by atoms with E-state index in [1.165, 1.54) is 11.8 Å². The highest BCUT2D eigenvalue weighted by molar-refractivity contribution is 8.14. The first-order chi connectivity index (χ1) is 14.0. The van der Waals surface area contributed by atoms with Gasteiger partial charge in [-0.05, 0) is 43.5 Å². The number of nitrogens with two attached hydrogens (primary N) is 1. The van der Waals surface area contributed by atoms with Crippen LogP contribution in [0.4, 0.5) is 17.1 Å². The molecule has 0 spiro atoms. The normalized spacial score (nSPS) is 22.1. The molecule has 3 heterocycles. The molecule has 4 N–H and O–H groups in total. The third-order valence-electron chi connectivity index (χ3n) is 5.36. The van der Waals surface area contributed by atoms with Crippen LogP contribution < -0.4 is 20.9 Å². The maximum Gasteiger partial charge on any atom is 0.254 e. The maximum atomic E-state index is 13.2. The van der Waals surface area contributed by atoms with Crippen molar-refractivity contribution in [2.24, 2.45) is 5.73 Å². The van der Waals surface area contributed by atoms with Crippen LogP contribution in [-0.4, -0.2) is 47.0 Å². The lowest BCUT2D eigenvalue weighted by Gasteiger charge is -2.34. The van der Waals surface area contributed by atoms with Crippen molar-refractivity contribution in [1.82, 2.24) is 4.98 Å². The van der Waals surface area contributed by atoms with Crippen molar-refractivity contribution in [3.8, 4) is 0 Å². The molecule has 0 aliphatic carbocycles. The molecule has 1 aromatic carbocycles. The molecular formula is C21H26N6OS. The Labute approximate surface area is 175 Å². The van der Waals surface area contributed by atoms with Crippen LogP contribution in [0.25, 0.3) is 0 Å². The Hall–Kier alpha value is -2.58. The summed E-state index contributed by atoms with van der Waals surface area (Å²) in [5.74, 6) is 0.374. The fourth-order valence-electron chi connectivity index (χ4n) is 3.91. The van der Waals surface area contributed by atoms with Gasteiger partial charge in [0.25, 0.3) is 5.91 Å². The molecule has 8 heteroatoms. The second-order valence-electron chi connectivity index (χ2n) is 7.58. The Morgan fingerprint density at radius 2 is 2.24 bits per heavy atom. The number of benzene rings is 1. The first kappa shape index (κ1) is 19.7. The van der Waals surface area contributed by atoms with Gasteiger partial charge in [-0.25, -0.2) is 0 Å². The van der Waals surface area contributed by atoms with Gasteiger partial charge in [0, 0.05) is 31.0 Å². The molecule has 2 saturated heterocycles. The van der Waals surface area contributed by atoms with Crippen molar-refractivity contribution in [3.63, 3.8) is 0 Å². The molecular weight excluding hydrogens is 384 g/mol. The molecule has 0 radical (unpaired) electrons. The molecule has 2 aromatic rings. The second-order valence-corrected chi connectivity index (χ2v) is 8.57. The van der Waals surface area contributed by atoms with Crippen LogP contribution in [0, 0.1) is 12.3 Å². The van der Waals surface area contributed by atoms with Crippen LogP contribution in [0.15, 0.2) is 42.7 Å². The van der Waals surface area contributed by atoms with Crippen molar-refractivity contribution in [2.75, 3.05) is 34.1 Å². The second kappa shape index (κ2) is 8.42. The summed E-state index contributed by atoms with van der Waals surface area (Å²) in [7, 11) is 0. The van der Waals surface area contributed by atoms with E-state index >= 15 is 0 Å². The van der Waals surface area contributed by atoms with Crippen molar-refractivity contribution < 1.29 is 4.79 Å². The summed E-state index contributed by atoms with van der Waals surface area (Å²) < 4.78 is 0. The van der Waals surface area contributed by atoms with Gasteiger partial charge in [0.05, 0.1) is 28.5 Å². The Balaban J connectivity index is 1.56. The molecule has 7 nitrogen and oxygen atoms in total. The van der Waals surface area contributed by atoms with E-state index in [0.717, 1.165) is 42.9 Å². The average molecular weight is 411 g/mol. The minimum absolute atomic E-state index is 0.136. The Kier molecular flexibility index (Phi) is 5.73. The van der Waals surface area contributed by atoms with E-state index in [1.54, 1.807) is 12.4 Å². The van der Waals surface area contributed by atoms with Crippen LogP contribution >= 0.6 is 11.8 Å². The van der Waals surface area contributed by atoms with Gasteiger partial charge in [-0.15, -0.1) is 0 Å². The first-order valence-corrected chi connectivity index (χ1v) is 10.8.